The number of aromatic nitrogens is 3. The van der Waals surface area contributed by atoms with Gasteiger partial charge in [-0.15, -0.1) is 0 Å². The van der Waals surface area contributed by atoms with Crippen molar-refractivity contribution in [3.05, 3.63) is 41.8 Å². The average Bonchev–Trinajstić information content (AvgIpc) is 3.12. The molecule has 0 unspecified atom stereocenters. The summed E-state index contributed by atoms with van der Waals surface area (Å²) in [5.74, 6) is 2.59. The first-order valence-electron chi connectivity index (χ1n) is 9.37. The number of nitrogens with zero attached hydrogens (tertiary/aromatic N) is 5. The Bertz CT molecular complexity index is 678. The van der Waals surface area contributed by atoms with Gasteiger partial charge in [-0.05, 0) is 43.5 Å². The number of hydrogen-bond donors (Lipinski definition) is 0. The van der Waals surface area contributed by atoms with E-state index in [1.807, 2.05) is 18.5 Å². The van der Waals surface area contributed by atoms with E-state index in [4.69, 9.17) is 4.52 Å². The lowest BCUT2D eigenvalue weighted by atomic mass is 9.83. The lowest BCUT2D eigenvalue weighted by molar-refractivity contribution is -0.00660. The summed E-state index contributed by atoms with van der Waals surface area (Å²) in [5, 5.41) is 4.13. The molecule has 3 fully saturated rings. The van der Waals surface area contributed by atoms with Crippen molar-refractivity contribution >= 4 is 0 Å². The zero-order valence-electron chi connectivity index (χ0n) is 15.1. The van der Waals surface area contributed by atoms with Crippen molar-refractivity contribution in [2.75, 3.05) is 19.6 Å². The molecule has 1 atom stereocenters. The fourth-order valence-corrected chi connectivity index (χ4v) is 4.10. The summed E-state index contributed by atoms with van der Waals surface area (Å²) < 4.78 is 5.53. The Kier molecular flexibility index (Phi) is 4.81. The van der Waals surface area contributed by atoms with Gasteiger partial charge in [0.2, 0.25) is 5.89 Å². The number of piperidine rings is 3. The van der Waals surface area contributed by atoms with Gasteiger partial charge in [-0.3, -0.25) is 9.88 Å². The van der Waals surface area contributed by atoms with Crippen LogP contribution in [0.25, 0.3) is 0 Å². The molecule has 3 aliphatic rings. The molecule has 5 heterocycles. The molecule has 2 bridgehead atoms. The van der Waals surface area contributed by atoms with Crippen LogP contribution in [0.5, 0.6) is 0 Å². The predicted octanol–water partition coefficient (Wildman–Crippen LogP) is 2.68. The summed E-state index contributed by atoms with van der Waals surface area (Å²) >= 11 is 0. The maximum atomic E-state index is 5.53. The van der Waals surface area contributed by atoms with Crippen molar-refractivity contribution in [1.82, 2.24) is 24.9 Å². The van der Waals surface area contributed by atoms with Crippen LogP contribution in [0.15, 0.2) is 29.0 Å². The summed E-state index contributed by atoms with van der Waals surface area (Å²) in [4.78, 5) is 14.0. The fourth-order valence-electron chi connectivity index (χ4n) is 4.10. The summed E-state index contributed by atoms with van der Waals surface area (Å²) in [7, 11) is 0. The van der Waals surface area contributed by atoms with Crippen LogP contribution in [-0.4, -0.2) is 50.6 Å². The largest absolute Gasteiger partial charge is 0.338 e. The fraction of sp³-hybridized carbons (Fsp3) is 0.632. The third-order valence-electron chi connectivity index (χ3n) is 5.54. The second-order valence-electron chi connectivity index (χ2n) is 7.67. The van der Waals surface area contributed by atoms with Crippen molar-refractivity contribution in [2.45, 2.75) is 51.7 Å². The van der Waals surface area contributed by atoms with Crippen LogP contribution in [-0.2, 0) is 13.1 Å². The van der Waals surface area contributed by atoms with Crippen molar-refractivity contribution in [1.29, 1.82) is 0 Å². The van der Waals surface area contributed by atoms with Gasteiger partial charge < -0.3 is 9.42 Å². The summed E-state index contributed by atoms with van der Waals surface area (Å²) in [6.07, 6.45) is 6.39. The first-order valence-corrected chi connectivity index (χ1v) is 9.37. The van der Waals surface area contributed by atoms with E-state index in [1.165, 1.54) is 31.5 Å². The number of rotatable bonds is 6. The van der Waals surface area contributed by atoms with E-state index in [2.05, 4.69) is 44.8 Å². The second-order valence-corrected chi connectivity index (χ2v) is 7.67. The molecule has 5 rings (SSSR count). The normalized spacial score (nSPS) is 25.8. The molecule has 2 aromatic heterocycles. The van der Waals surface area contributed by atoms with Gasteiger partial charge in [-0.2, -0.15) is 4.98 Å². The van der Waals surface area contributed by atoms with E-state index in [1.54, 1.807) is 0 Å². The monoisotopic (exact) mass is 341 g/mol. The van der Waals surface area contributed by atoms with Crippen LogP contribution >= 0.6 is 0 Å². The average molecular weight is 341 g/mol. The Balaban J connectivity index is 1.54. The van der Waals surface area contributed by atoms with Crippen molar-refractivity contribution in [3.8, 4) is 0 Å². The molecule has 3 aliphatic heterocycles. The van der Waals surface area contributed by atoms with Gasteiger partial charge >= 0.3 is 0 Å². The minimum absolute atomic E-state index is 0.293. The van der Waals surface area contributed by atoms with E-state index in [9.17, 15) is 0 Å². The SMILES string of the molecule is CC(C)c1noc(CN(Cc2cccnc2)[C@H]2CN3CCC2CC3)n1. The molecule has 6 nitrogen and oxygen atoms in total. The van der Waals surface area contributed by atoms with Gasteiger partial charge in [-0.1, -0.05) is 25.1 Å². The van der Waals surface area contributed by atoms with Gasteiger partial charge in [-0.25, -0.2) is 0 Å². The maximum Gasteiger partial charge on any atom is 0.240 e. The van der Waals surface area contributed by atoms with Gasteiger partial charge in [0.1, 0.15) is 0 Å². The molecule has 25 heavy (non-hydrogen) atoms. The molecule has 0 amide bonds. The Morgan fingerprint density at radius 2 is 2.12 bits per heavy atom. The molecular formula is C19H27N5O. The third kappa shape index (κ3) is 3.75. The standard InChI is InChI=1S/C19H27N5O/c1-14(2)19-21-18(25-22-19)13-24(11-15-4-3-7-20-10-15)17-12-23-8-5-16(17)6-9-23/h3-4,7,10,14,16-17H,5-6,8-9,11-13H2,1-2H3/t17-/m0/s1. The van der Waals surface area contributed by atoms with Gasteiger partial charge in [0, 0.05) is 37.4 Å². The van der Waals surface area contributed by atoms with E-state index in [0.717, 1.165) is 30.7 Å². The number of hydrogen-bond acceptors (Lipinski definition) is 6. The van der Waals surface area contributed by atoms with Crippen LogP contribution in [0.2, 0.25) is 0 Å². The van der Waals surface area contributed by atoms with Crippen LogP contribution < -0.4 is 0 Å². The topological polar surface area (TPSA) is 58.3 Å². The van der Waals surface area contributed by atoms with Crippen molar-refractivity contribution < 1.29 is 4.52 Å². The Morgan fingerprint density at radius 3 is 2.72 bits per heavy atom. The molecule has 0 aliphatic carbocycles. The van der Waals surface area contributed by atoms with Crippen LogP contribution in [0, 0.1) is 5.92 Å². The molecule has 0 spiro atoms. The summed E-state index contributed by atoms with van der Waals surface area (Å²) in [6, 6.07) is 4.71. The smallest absolute Gasteiger partial charge is 0.240 e. The molecular weight excluding hydrogens is 314 g/mol. The summed E-state index contributed by atoms with van der Waals surface area (Å²) in [6.45, 7) is 9.42. The zero-order valence-corrected chi connectivity index (χ0v) is 15.1. The van der Waals surface area contributed by atoms with E-state index < -0.39 is 0 Å². The predicted molar refractivity (Wildman–Crippen MR) is 94.8 cm³/mol. The minimum Gasteiger partial charge on any atom is -0.338 e. The van der Waals surface area contributed by atoms with E-state index >= 15 is 0 Å². The minimum atomic E-state index is 0.293. The number of fused-ring (bicyclic) bond motifs is 3. The van der Waals surface area contributed by atoms with Crippen LogP contribution in [0.3, 0.4) is 0 Å². The van der Waals surface area contributed by atoms with Crippen molar-refractivity contribution in [3.63, 3.8) is 0 Å². The third-order valence-corrected chi connectivity index (χ3v) is 5.54. The Hall–Kier alpha value is -1.79. The second kappa shape index (κ2) is 7.22. The maximum absolute atomic E-state index is 5.53. The molecule has 3 saturated heterocycles. The highest BCUT2D eigenvalue weighted by molar-refractivity contribution is 5.09. The zero-order chi connectivity index (χ0) is 17.2. The molecule has 2 aromatic rings. The lowest BCUT2D eigenvalue weighted by Crippen LogP contribution is -2.56. The Labute approximate surface area is 149 Å². The molecule has 6 heteroatoms. The van der Waals surface area contributed by atoms with Crippen molar-refractivity contribution in [2.24, 2.45) is 5.92 Å². The quantitative estimate of drug-likeness (QED) is 0.805. The first kappa shape index (κ1) is 16.7. The first-order chi connectivity index (χ1) is 12.2. The molecule has 0 aromatic carbocycles. The highest BCUT2D eigenvalue weighted by atomic mass is 16.5. The highest BCUT2D eigenvalue weighted by Gasteiger charge is 2.38. The van der Waals surface area contributed by atoms with E-state index in [-0.39, 0.29) is 0 Å². The lowest BCUT2D eigenvalue weighted by Gasteiger charge is -2.48. The van der Waals surface area contributed by atoms with E-state index in [0.29, 0.717) is 18.5 Å². The molecule has 134 valence electrons. The molecule has 0 saturated carbocycles. The molecule has 0 radical (unpaired) electrons. The van der Waals surface area contributed by atoms with Gasteiger partial charge in [0.05, 0.1) is 6.54 Å². The summed E-state index contributed by atoms with van der Waals surface area (Å²) in [5.41, 5.74) is 1.24. The van der Waals surface area contributed by atoms with Gasteiger partial charge in [0.25, 0.3) is 0 Å². The Morgan fingerprint density at radius 1 is 1.28 bits per heavy atom. The van der Waals surface area contributed by atoms with Crippen LogP contribution in [0.4, 0.5) is 0 Å². The molecule has 0 N–H and O–H groups in total. The van der Waals surface area contributed by atoms with Gasteiger partial charge in [0.15, 0.2) is 5.82 Å². The number of pyridine rings is 1. The highest BCUT2D eigenvalue weighted by Crippen LogP contribution is 2.32. The van der Waals surface area contributed by atoms with Crippen LogP contribution in [0.1, 0.15) is 49.9 Å².